The van der Waals surface area contributed by atoms with Crippen molar-refractivity contribution in [1.29, 1.82) is 0 Å². The van der Waals surface area contributed by atoms with Crippen LogP contribution in [-0.2, 0) is 37.3 Å². The largest absolute Gasteiger partial charge is 0.496 e. The van der Waals surface area contributed by atoms with Crippen molar-refractivity contribution < 1.29 is 50.1 Å². The summed E-state index contributed by atoms with van der Waals surface area (Å²) in [5, 5.41) is 3.67. The molecule has 300 valence electrons. The minimum atomic E-state index is -4.36. The minimum absolute atomic E-state index is 0.156. The summed E-state index contributed by atoms with van der Waals surface area (Å²) in [6.45, 7) is 2.76. The SMILES string of the molecule is CCOCc1cc(OC)c(-c2ccc(CC(NC(=O)c3c(F)cc(NS(=O)(=O)c4ccc(-c5ccnc(F)c5)cc4)cc3F)C(=O)OC)c3ccncc23)c(OC)c1. The normalized spacial score (nSPS) is 11.8. The van der Waals surface area contributed by atoms with Crippen molar-refractivity contribution in [3.8, 4) is 33.8 Å². The molecule has 0 bridgehead atoms. The highest BCUT2D eigenvalue weighted by Crippen LogP contribution is 2.43. The topological polar surface area (TPSA) is 155 Å². The molecule has 1 amide bonds. The summed E-state index contributed by atoms with van der Waals surface area (Å²) in [5.41, 5.74) is 2.13. The minimum Gasteiger partial charge on any atom is -0.496 e. The number of carbonyl (C=O) groups is 2. The maximum Gasteiger partial charge on any atom is 0.328 e. The third kappa shape index (κ3) is 8.87. The number of nitrogens with zero attached hydrogens (tertiary/aromatic N) is 2. The number of methoxy groups -OCH3 is 3. The summed E-state index contributed by atoms with van der Waals surface area (Å²) in [5.74, 6) is -4.65. The van der Waals surface area contributed by atoms with Crippen LogP contribution in [0.5, 0.6) is 11.5 Å². The fraction of sp³-hybridized carbons (Fsp3) is 0.190. The van der Waals surface area contributed by atoms with Gasteiger partial charge in [-0.15, -0.1) is 0 Å². The number of ether oxygens (including phenoxy) is 4. The summed E-state index contributed by atoms with van der Waals surface area (Å²) in [6, 6.07) is 16.9. The molecule has 58 heavy (non-hydrogen) atoms. The van der Waals surface area contributed by atoms with Gasteiger partial charge in [-0.05, 0) is 88.7 Å². The van der Waals surface area contributed by atoms with Crippen molar-refractivity contribution in [3.05, 3.63) is 132 Å². The second-order valence-electron chi connectivity index (χ2n) is 12.8. The Balaban J connectivity index is 1.24. The average Bonchev–Trinajstić information content (AvgIpc) is 3.21. The van der Waals surface area contributed by atoms with E-state index in [1.54, 1.807) is 36.7 Å². The first kappa shape index (κ1) is 41.1. The van der Waals surface area contributed by atoms with Gasteiger partial charge >= 0.3 is 5.97 Å². The van der Waals surface area contributed by atoms with E-state index in [1.165, 1.54) is 50.7 Å². The summed E-state index contributed by atoms with van der Waals surface area (Å²) in [4.78, 5) is 34.0. The fourth-order valence-electron chi connectivity index (χ4n) is 6.44. The van der Waals surface area contributed by atoms with E-state index >= 15 is 8.78 Å². The van der Waals surface area contributed by atoms with E-state index in [0.29, 0.717) is 75.4 Å². The number of sulfonamides is 1. The fourth-order valence-corrected chi connectivity index (χ4v) is 7.48. The molecule has 0 aliphatic rings. The van der Waals surface area contributed by atoms with Gasteiger partial charge in [-0.25, -0.2) is 27.0 Å². The first-order chi connectivity index (χ1) is 27.9. The van der Waals surface area contributed by atoms with Crippen molar-refractivity contribution in [2.45, 2.75) is 30.9 Å². The number of rotatable bonds is 15. The zero-order valence-electron chi connectivity index (χ0n) is 31.6. The van der Waals surface area contributed by atoms with Crippen LogP contribution in [0.15, 0.2) is 102 Å². The Bertz CT molecular complexity index is 2560. The third-order valence-corrected chi connectivity index (χ3v) is 10.6. The number of aromatic nitrogens is 2. The molecule has 0 aliphatic carbocycles. The molecule has 1 unspecified atom stereocenters. The van der Waals surface area contributed by atoms with Crippen LogP contribution in [0.3, 0.4) is 0 Å². The van der Waals surface area contributed by atoms with Crippen LogP contribution in [-0.4, -0.2) is 64.2 Å². The highest BCUT2D eigenvalue weighted by atomic mass is 32.2. The van der Waals surface area contributed by atoms with E-state index in [2.05, 4.69) is 20.0 Å². The van der Waals surface area contributed by atoms with Crippen LogP contribution >= 0.6 is 0 Å². The van der Waals surface area contributed by atoms with E-state index in [-0.39, 0.29) is 11.3 Å². The van der Waals surface area contributed by atoms with E-state index in [1.807, 2.05) is 19.1 Å². The Morgan fingerprint density at radius 1 is 0.810 bits per heavy atom. The standard InChI is InChI=1S/C42H37F3N4O8S/c1-5-57-23-24-16-36(54-2)39(37(17-24)55-3)31-11-8-27(30-13-14-46-22-32(30)31)18-35(42(51)56-4)48-41(50)40-33(43)20-28(21-34(40)44)49-58(52,53)29-9-6-25(7-10-29)26-12-15-47-38(45)19-26/h6-17,19-22,35,49H,5,18,23H2,1-4H3,(H,48,50). The number of pyridine rings is 2. The first-order valence-corrected chi connectivity index (χ1v) is 19.2. The molecule has 0 spiro atoms. The van der Waals surface area contributed by atoms with Gasteiger partial charge in [0, 0.05) is 43.1 Å². The molecular formula is C42H37F3N4O8S. The Labute approximate surface area is 332 Å². The van der Waals surface area contributed by atoms with Gasteiger partial charge < -0.3 is 24.3 Å². The summed E-state index contributed by atoms with van der Waals surface area (Å²) in [7, 11) is -0.183. The van der Waals surface area contributed by atoms with Crippen molar-refractivity contribution in [3.63, 3.8) is 0 Å². The zero-order chi connectivity index (χ0) is 41.6. The molecule has 0 radical (unpaired) electrons. The van der Waals surface area contributed by atoms with Crippen LogP contribution in [0.4, 0.5) is 18.9 Å². The quantitative estimate of drug-likeness (QED) is 0.0801. The van der Waals surface area contributed by atoms with Gasteiger partial charge in [0.05, 0.1) is 44.1 Å². The number of hydrogen-bond acceptors (Lipinski definition) is 10. The second-order valence-corrected chi connectivity index (χ2v) is 14.5. The van der Waals surface area contributed by atoms with Gasteiger partial charge in [0.2, 0.25) is 5.95 Å². The van der Waals surface area contributed by atoms with Crippen molar-refractivity contribution in [1.82, 2.24) is 15.3 Å². The molecule has 6 rings (SSSR count). The predicted octanol–water partition coefficient (Wildman–Crippen LogP) is 7.25. The lowest BCUT2D eigenvalue weighted by Crippen LogP contribution is -2.43. The molecule has 2 aromatic heterocycles. The van der Waals surface area contributed by atoms with Gasteiger partial charge in [0.15, 0.2) is 0 Å². The first-order valence-electron chi connectivity index (χ1n) is 17.7. The molecule has 0 saturated heterocycles. The lowest BCUT2D eigenvalue weighted by molar-refractivity contribution is -0.142. The van der Waals surface area contributed by atoms with Crippen LogP contribution in [0, 0.1) is 17.6 Å². The van der Waals surface area contributed by atoms with E-state index in [9.17, 15) is 22.4 Å². The highest BCUT2D eigenvalue weighted by Gasteiger charge is 2.28. The summed E-state index contributed by atoms with van der Waals surface area (Å²) in [6.07, 6.45) is 4.30. The van der Waals surface area contributed by atoms with E-state index in [4.69, 9.17) is 18.9 Å². The highest BCUT2D eigenvalue weighted by molar-refractivity contribution is 7.92. The molecular weight excluding hydrogens is 778 g/mol. The van der Waals surface area contributed by atoms with Gasteiger partial charge in [-0.2, -0.15) is 4.39 Å². The Morgan fingerprint density at radius 3 is 2.12 bits per heavy atom. The molecule has 6 aromatic rings. The van der Waals surface area contributed by atoms with Crippen LogP contribution in [0.2, 0.25) is 0 Å². The molecule has 2 heterocycles. The number of nitrogens with one attached hydrogen (secondary N) is 2. The van der Waals surface area contributed by atoms with E-state index < -0.39 is 56.8 Å². The number of carbonyl (C=O) groups excluding carboxylic acids is 2. The van der Waals surface area contributed by atoms with Gasteiger partial charge in [0.25, 0.3) is 15.9 Å². The van der Waals surface area contributed by atoms with E-state index in [0.717, 1.165) is 12.7 Å². The third-order valence-electron chi connectivity index (χ3n) is 9.18. The monoisotopic (exact) mass is 814 g/mol. The van der Waals surface area contributed by atoms with Crippen LogP contribution in [0.1, 0.15) is 28.4 Å². The number of esters is 1. The summed E-state index contributed by atoms with van der Waals surface area (Å²) >= 11 is 0. The maximum atomic E-state index is 15.5. The lowest BCUT2D eigenvalue weighted by Gasteiger charge is -2.20. The van der Waals surface area contributed by atoms with Crippen molar-refractivity contribution in [2.75, 3.05) is 32.7 Å². The zero-order valence-corrected chi connectivity index (χ0v) is 32.5. The number of anilines is 1. The molecule has 1 atom stereocenters. The van der Waals surface area contributed by atoms with Crippen LogP contribution < -0.4 is 19.5 Å². The molecule has 0 aliphatic heterocycles. The lowest BCUT2D eigenvalue weighted by atomic mass is 9.92. The van der Waals surface area contributed by atoms with Gasteiger partial charge in [-0.3, -0.25) is 14.5 Å². The Kier molecular flexibility index (Phi) is 12.6. The number of amides is 1. The second kappa shape index (κ2) is 17.7. The number of benzene rings is 4. The predicted molar refractivity (Wildman–Crippen MR) is 209 cm³/mol. The van der Waals surface area contributed by atoms with Crippen molar-refractivity contribution in [2.24, 2.45) is 0 Å². The molecule has 0 fully saturated rings. The molecule has 2 N–H and O–H groups in total. The molecule has 16 heteroatoms. The van der Waals surface area contributed by atoms with Crippen LogP contribution in [0.25, 0.3) is 33.0 Å². The van der Waals surface area contributed by atoms with Crippen molar-refractivity contribution >= 4 is 38.4 Å². The number of fused-ring (bicyclic) bond motifs is 1. The molecule has 12 nitrogen and oxygen atoms in total. The molecule has 4 aromatic carbocycles. The smallest absolute Gasteiger partial charge is 0.328 e. The number of halogens is 3. The van der Waals surface area contributed by atoms with Gasteiger partial charge in [0.1, 0.15) is 34.7 Å². The Morgan fingerprint density at radius 2 is 1.50 bits per heavy atom. The Hall–Kier alpha value is -6.52. The average molecular weight is 815 g/mol. The molecule has 0 saturated carbocycles. The maximum absolute atomic E-state index is 15.5. The summed E-state index contributed by atoms with van der Waals surface area (Å²) < 4.78 is 94.9. The van der Waals surface area contributed by atoms with Gasteiger partial charge in [-0.1, -0.05) is 24.3 Å². The number of hydrogen-bond donors (Lipinski definition) is 2.